The molecule has 2 aromatic heterocycles. The van der Waals surface area contributed by atoms with Crippen molar-refractivity contribution >= 4 is 28.3 Å². The van der Waals surface area contributed by atoms with Gasteiger partial charge in [-0.15, -0.1) is 11.3 Å². The molecule has 0 spiro atoms. The van der Waals surface area contributed by atoms with Gasteiger partial charge in [0.05, 0.1) is 5.69 Å². The van der Waals surface area contributed by atoms with E-state index in [1.807, 2.05) is 10.3 Å². The molecule has 26 heavy (non-hydrogen) atoms. The summed E-state index contributed by atoms with van der Waals surface area (Å²) >= 11 is 1.29. The molecule has 1 aliphatic heterocycles. The Balaban J connectivity index is 1.52. The lowest BCUT2D eigenvalue weighted by atomic mass is 9.99. The molecule has 1 fully saturated rings. The number of rotatable bonds is 5. The van der Waals surface area contributed by atoms with Gasteiger partial charge in [0, 0.05) is 31.1 Å². The average Bonchev–Trinajstić information content (AvgIpc) is 3.08. The minimum atomic E-state index is -0.494. The molecule has 138 valence electrons. The molecule has 0 aliphatic carbocycles. The van der Waals surface area contributed by atoms with E-state index in [-0.39, 0.29) is 11.5 Å². The highest BCUT2D eigenvalue weighted by molar-refractivity contribution is 7.14. The van der Waals surface area contributed by atoms with Gasteiger partial charge in [-0.3, -0.25) is 19.7 Å². The minimum Gasteiger partial charge on any atom is -0.343 e. The van der Waals surface area contributed by atoms with Gasteiger partial charge in [0.15, 0.2) is 5.13 Å². The van der Waals surface area contributed by atoms with Gasteiger partial charge in [-0.05, 0) is 37.3 Å². The lowest BCUT2D eigenvalue weighted by Gasteiger charge is -2.30. The number of piperidine rings is 1. The minimum absolute atomic E-state index is 0.0405. The summed E-state index contributed by atoms with van der Waals surface area (Å²) in [5, 5.41) is 4.88. The summed E-state index contributed by atoms with van der Waals surface area (Å²) in [6, 6.07) is 3.05. The second-order valence-corrected chi connectivity index (χ2v) is 7.43. The lowest BCUT2D eigenvalue weighted by molar-refractivity contribution is -0.132. The first-order valence-corrected chi connectivity index (χ1v) is 9.62. The van der Waals surface area contributed by atoms with Crippen molar-refractivity contribution < 1.29 is 9.59 Å². The second-order valence-electron chi connectivity index (χ2n) is 6.57. The molecule has 0 atom stereocenters. The molecule has 0 bridgehead atoms. The van der Waals surface area contributed by atoms with E-state index in [0.29, 0.717) is 23.9 Å². The summed E-state index contributed by atoms with van der Waals surface area (Å²) in [7, 11) is 0. The lowest BCUT2D eigenvalue weighted by Crippen LogP contribution is -2.38. The number of aryl methyl sites for hydroxylation is 1. The van der Waals surface area contributed by atoms with Crippen LogP contribution in [0.4, 0.5) is 5.13 Å². The molecule has 2 aromatic rings. The van der Waals surface area contributed by atoms with Gasteiger partial charge < -0.3 is 9.88 Å². The normalized spacial score (nSPS) is 15.0. The smallest absolute Gasteiger partial charge is 0.263 e. The predicted octanol–water partition coefficient (Wildman–Crippen LogP) is 2.27. The van der Waals surface area contributed by atoms with Crippen molar-refractivity contribution in [2.75, 3.05) is 18.4 Å². The molecule has 0 radical (unpaired) electrons. The molecule has 2 N–H and O–H groups in total. The number of H-pyrrole nitrogens is 1. The van der Waals surface area contributed by atoms with E-state index in [0.717, 1.165) is 31.6 Å². The standard InChI is InChI=1S/C18H22N4O3S/c1-12-6-9-22(10-7-12)15(23)5-4-13-11-26-18(20-13)21-17(25)14-3-2-8-19-16(14)24/h2-3,8,11-12H,4-7,9-10H2,1H3,(H,19,24)(H,20,21,25). The summed E-state index contributed by atoms with van der Waals surface area (Å²) in [6.07, 6.45) is 4.57. The van der Waals surface area contributed by atoms with E-state index in [1.54, 1.807) is 6.07 Å². The number of hydrogen-bond donors (Lipinski definition) is 2. The number of amides is 2. The quantitative estimate of drug-likeness (QED) is 0.839. The van der Waals surface area contributed by atoms with Gasteiger partial charge in [0.2, 0.25) is 5.91 Å². The number of hydrogen-bond acceptors (Lipinski definition) is 5. The first-order valence-electron chi connectivity index (χ1n) is 8.74. The van der Waals surface area contributed by atoms with E-state index in [1.165, 1.54) is 23.6 Å². The topological polar surface area (TPSA) is 95.2 Å². The first kappa shape index (κ1) is 18.3. The molecule has 1 saturated heterocycles. The van der Waals surface area contributed by atoms with Gasteiger partial charge in [0.25, 0.3) is 11.5 Å². The molecular weight excluding hydrogens is 352 g/mol. The number of carbonyl (C=O) groups excluding carboxylic acids is 2. The van der Waals surface area contributed by atoms with Crippen molar-refractivity contribution in [3.8, 4) is 0 Å². The highest BCUT2D eigenvalue weighted by atomic mass is 32.1. The van der Waals surface area contributed by atoms with Crippen LogP contribution in [-0.4, -0.2) is 39.8 Å². The fourth-order valence-corrected chi connectivity index (χ4v) is 3.63. The van der Waals surface area contributed by atoms with Crippen molar-refractivity contribution in [2.45, 2.75) is 32.6 Å². The van der Waals surface area contributed by atoms with Crippen molar-refractivity contribution in [2.24, 2.45) is 5.92 Å². The zero-order valence-electron chi connectivity index (χ0n) is 14.7. The third-order valence-corrected chi connectivity index (χ3v) is 5.37. The predicted molar refractivity (Wildman–Crippen MR) is 100 cm³/mol. The Morgan fingerprint density at radius 2 is 2.15 bits per heavy atom. The fraction of sp³-hybridized carbons (Fsp3) is 0.444. The van der Waals surface area contributed by atoms with Crippen LogP contribution in [0.5, 0.6) is 0 Å². The number of pyridine rings is 1. The SMILES string of the molecule is CC1CCN(C(=O)CCc2csc(NC(=O)c3ccc[nH]c3=O)n2)CC1. The largest absolute Gasteiger partial charge is 0.343 e. The van der Waals surface area contributed by atoms with Crippen LogP contribution in [0.25, 0.3) is 0 Å². The van der Waals surface area contributed by atoms with Crippen molar-refractivity contribution in [3.63, 3.8) is 0 Å². The van der Waals surface area contributed by atoms with Crippen LogP contribution in [0, 0.1) is 5.92 Å². The summed E-state index contributed by atoms with van der Waals surface area (Å²) in [4.78, 5) is 44.8. The second kappa shape index (κ2) is 8.27. The Morgan fingerprint density at radius 1 is 1.38 bits per heavy atom. The molecule has 3 heterocycles. The van der Waals surface area contributed by atoms with Gasteiger partial charge in [-0.1, -0.05) is 6.92 Å². The summed E-state index contributed by atoms with van der Waals surface area (Å²) in [5.41, 5.74) is 0.368. The molecule has 1 aliphatic rings. The van der Waals surface area contributed by atoms with Crippen LogP contribution in [0.3, 0.4) is 0 Å². The Bertz CT molecular complexity index is 837. The van der Waals surface area contributed by atoms with E-state index in [2.05, 4.69) is 22.2 Å². The number of thiazole rings is 1. The molecule has 0 aromatic carbocycles. The van der Waals surface area contributed by atoms with Gasteiger partial charge in [0.1, 0.15) is 5.56 Å². The van der Waals surface area contributed by atoms with Crippen LogP contribution < -0.4 is 10.9 Å². The maximum Gasteiger partial charge on any atom is 0.263 e. The Hall–Kier alpha value is -2.48. The molecule has 0 unspecified atom stereocenters. The number of anilines is 1. The third kappa shape index (κ3) is 4.57. The van der Waals surface area contributed by atoms with Crippen molar-refractivity contribution in [1.82, 2.24) is 14.9 Å². The molecule has 2 amide bonds. The Kier molecular flexibility index (Phi) is 5.82. The average molecular weight is 374 g/mol. The molecular formula is C18H22N4O3S. The summed E-state index contributed by atoms with van der Waals surface area (Å²) < 4.78 is 0. The van der Waals surface area contributed by atoms with Crippen LogP contribution in [0.2, 0.25) is 0 Å². The molecule has 8 heteroatoms. The van der Waals surface area contributed by atoms with Crippen LogP contribution in [-0.2, 0) is 11.2 Å². The van der Waals surface area contributed by atoms with Gasteiger partial charge >= 0.3 is 0 Å². The summed E-state index contributed by atoms with van der Waals surface area (Å²) in [6.45, 7) is 3.89. The number of aromatic nitrogens is 2. The highest BCUT2D eigenvalue weighted by Crippen LogP contribution is 2.19. The monoisotopic (exact) mass is 374 g/mol. The zero-order chi connectivity index (χ0) is 18.5. The Labute approximate surface area is 155 Å². The van der Waals surface area contributed by atoms with E-state index in [9.17, 15) is 14.4 Å². The number of aromatic amines is 1. The number of nitrogens with one attached hydrogen (secondary N) is 2. The maximum absolute atomic E-state index is 12.3. The highest BCUT2D eigenvalue weighted by Gasteiger charge is 2.20. The zero-order valence-corrected chi connectivity index (χ0v) is 15.5. The van der Waals surface area contributed by atoms with Gasteiger partial charge in [-0.25, -0.2) is 4.98 Å². The maximum atomic E-state index is 12.3. The van der Waals surface area contributed by atoms with Crippen molar-refractivity contribution in [3.05, 3.63) is 45.3 Å². The van der Waals surface area contributed by atoms with E-state index in [4.69, 9.17) is 0 Å². The van der Waals surface area contributed by atoms with Crippen LogP contribution in [0.15, 0.2) is 28.5 Å². The summed E-state index contributed by atoms with van der Waals surface area (Å²) in [5.74, 6) is 0.359. The van der Waals surface area contributed by atoms with Crippen LogP contribution in [0.1, 0.15) is 42.2 Å². The number of likely N-dealkylation sites (tertiary alicyclic amines) is 1. The number of nitrogens with zero attached hydrogens (tertiary/aromatic N) is 2. The third-order valence-electron chi connectivity index (χ3n) is 4.57. The Morgan fingerprint density at radius 3 is 2.88 bits per heavy atom. The first-order chi connectivity index (χ1) is 12.5. The molecule has 3 rings (SSSR count). The molecule has 0 saturated carbocycles. The molecule has 7 nitrogen and oxygen atoms in total. The van der Waals surface area contributed by atoms with Crippen molar-refractivity contribution in [1.29, 1.82) is 0 Å². The van der Waals surface area contributed by atoms with E-state index >= 15 is 0 Å². The van der Waals surface area contributed by atoms with Crippen LogP contribution >= 0.6 is 11.3 Å². The van der Waals surface area contributed by atoms with Gasteiger partial charge in [-0.2, -0.15) is 0 Å². The fourth-order valence-electron chi connectivity index (χ4n) is 2.90. The van der Waals surface area contributed by atoms with E-state index < -0.39 is 11.5 Å². The number of carbonyl (C=O) groups is 2.